The molecule has 4 heteroatoms. The molecular weight excluding hydrogens is 350 g/mol. The molecule has 108 valence electrons. The van der Waals surface area contributed by atoms with Crippen LogP contribution in [0.2, 0.25) is 5.02 Å². The average Bonchev–Trinajstić information content (AvgIpc) is 2.46. The second kappa shape index (κ2) is 5.82. The Labute approximate surface area is 137 Å². The lowest BCUT2D eigenvalue weighted by atomic mass is 9.96. The summed E-state index contributed by atoms with van der Waals surface area (Å²) in [4.78, 5) is 14.9. The molecule has 2 aromatic rings. The maximum Gasteiger partial charge on any atom is 0.259 e. The summed E-state index contributed by atoms with van der Waals surface area (Å²) in [5.41, 5.74) is 2.89. The smallest absolute Gasteiger partial charge is 0.259 e. The number of para-hydroxylation sites is 1. The SMILES string of the molecule is CC1CCc2ccccc2N1C(=O)c1ccc(Cl)cc1Br. The molecule has 0 fully saturated rings. The molecule has 1 unspecified atom stereocenters. The van der Waals surface area contributed by atoms with Gasteiger partial charge in [-0.3, -0.25) is 4.79 Å². The van der Waals surface area contributed by atoms with Crippen molar-refractivity contribution in [2.45, 2.75) is 25.8 Å². The van der Waals surface area contributed by atoms with E-state index in [1.54, 1.807) is 18.2 Å². The van der Waals surface area contributed by atoms with Gasteiger partial charge in [-0.2, -0.15) is 0 Å². The Morgan fingerprint density at radius 2 is 2.05 bits per heavy atom. The lowest BCUT2D eigenvalue weighted by molar-refractivity contribution is 0.0974. The van der Waals surface area contributed by atoms with Crippen LogP contribution in [0.3, 0.4) is 0 Å². The lowest BCUT2D eigenvalue weighted by Gasteiger charge is -2.35. The van der Waals surface area contributed by atoms with E-state index in [-0.39, 0.29) is 11.9 Å². The van der Waals surface area contributed by atoms with Gasteiger partial charge in [-0.05, 0) is 65.5 Å². The van der Waals surface area contributed by atoms with Crippen LogP contribution >= 0.6 is 27.5 Å². The van der Waals surface area contributed by atoms with Crippen molar-refractivity contribution in [3.05, 3.63) is 63.1 Å². The minimum absolute atomic E-state index is 0.0122. The van der Waals surface area contributed by atoms with Gasteiger partial charge in [0.25, 0.3) is 5.91 Å². The quantitative estimate of drug-likeness (QED) is 0.690. The molecule has 0 aliphatic carbocycles. The molecule has 1 heterocycles. The zero-order valence-electron chi connectivity index (χ0n) is 11.6. The van der Waals surface area contributed by atoms with E-state index >= 15 is 0 Å². The first-order valence-electron chi connectivity index (χ1n) is 6.94. The number of nitrogens with zero attached hydrogens (tertiary/aromatic N) is 1. The first kappa shape index (κ1) is 14.6. The van der Waals surface area contributed by atoms with Gasteiger partial charge in [0.1, 0.15) is 0 Å². The van der Waals surface area contributed by atoms with E-state index in [2.05, 4.69) is 28.9 Å². The van der Waals surface area contributed by atoms with Crippen LogP contribution in [-0.4, -0.2) is 11.9 Å². The zero-order valence-corrected chi connectivity index (χ0v) is 14.0. The molecule has 2 aromatic carbocycles. The van der Waals surface area contributed by atoms with E-state index in [4.69, 9.17) is 11.6 Å². The largest absolute Gasteiger partial charge is 0.305 e. The minimum Gasteiger partial charge on any atom is -0.305 e. The Morgan fingerprint density at radius 3 is 2.81 bits per heavy atom. The van der Waals surface area contributed by atoms with Gasteiger partial charge in [0, 0.05) is 21.2 Å². The van der Waals surface area contributed by atoms with Gasteiger partial charge in [0.15, 0.2) is 0 Å². The number of benzene rings is 2. The summed E-state index contributed by atoms with van der Waals surface area (Å²) in [6, 6.07) is 13.6. The molecule has 0 aromatic heterocycles. The molecule has 1 aliphatic rings. The Balaban J connectivity index is 2.05. The van der Waals surface area contributed by atoms with Crippen molar-refractivity contribution in [3.63, 3.8) is 0 Å². The van der Waals surface area contributed by atoms with Crippen LogP contribution in [0.1, 0.15) is 29.3 Å². The van der Waals surface area contributed by atoms with Crippen molar-refractivity contribution < 1.29 is 4.79 Å². The van der Waals surface area contributed by atoms with Crippen molar-refractivity contribution >= 4 is 39.1 Å². The number of fused-ring (bicyclic) bond motifs is 1. The third-order valence-corrected chi connectivity index (χ3v) is 4.79. The second-order valence-electron chi connectivity index (χ2n) is 5.32. The summed E-state index contributed by atoms with van der Waals surface area (Å²) in [5.74, 6) is 0.0122. The van der Waals surface area contributed by atoms with E-state index in [0.717, 1.165) is 23.0 Å². The van der Waals surface area contributed by atoms with Crippen LogP contribution in [0.25, 0.3) is 0 Å². The summed E-state index contributed by atoms with van der Waals surface area (Å²) >= 11 is 9.40. The van der Waals surface area contributed by atoms with E-state index in [1.165, 1.54) is 5.56 Å². The Morgan fingerprint density at radius 1 is 1.29 bits per heavy atom. The number of amides is 1. The highest BCUT2D eigenvalue weighted by Crippen LogP contribution is 2.33. The molecule has 2 nitrogen and oxygen atoms in total. The predicted octanol–water partition coefficient (Wildman–Crippen LogP) is 5.08. The van der Waals surface area contributed by atoms with Crippen LogP contribution in [-0.2, 0) is 6.42 Å². The minimum atomic E-state index is 0.0122. The van der Waals surface area contributed by atoms with Gasteiger partial charge >= 0.3 is 0 Å². The molecule has 0 bridgehead atoms. The van der Waals surface area contributed by atoms with Gasteiger partial charge in [-0.15, -0.1) is 0 Å². The maximum absolute atomic E-state index is 13.0. The Kier molecular flexibility index (Phi) is 4.05. The number of hydrogen-bond donors (Lipinski definition) is 0. The molecule has 1 aliphatic heterocycles. The van der Waals surface area contributed by atoms with E-state index in [9.17, 15) is 4.79 Å². The molecule has 0 N–H and O–H groups in total. The van der Waals surface area contributed by atoms with Gasteiger partial charge in [0.05, 0.1) is 5.56 Å². The molecular formula is C17H15BrClNO. The zero-order chi connectivity index (χ0) is 15.0. The van der Waals surface area contributed by atoms with Gasteiger partial charge in [-0.1, -0.05) is 29.8 Å². The number of rotatable bonds is 1. The lowest BCUT2D eigenvalue weighted by Crippen LogP contribution is -2.42. The van der Waals surface area contributed by atoms with Crippen LogP contribution < -0.4 is 4.90 Å². The Hall–Kier alpha value is -1.32. The monoisotopic (exact) mass is 363 g/mol. The molecule has 0 spiro atoms. The molecule has 1 atom stereocenters. The van der Waals surface area contributed by atoms with E-state index < -0.39 is 0 Å². The Bertz CT molecular complexity index is 701. The molecule has 21 heavy (non-hydrogen) atoms. The fraction of sp³-hybridized carbons (Fsp3) is 0.235. The van der Waals surface area contributed by atoms with Crippen molar-refractivity contribution in [2.24, 2.45) is 0 Å². The number of halogens is 2. The fourth-order valence-electron chi connectivity index (χ4n) is 2.79. The first-order valence-corrected chi connectivity index (χ1v) is 8.11. The molecule has 0 radical (unpaired) electrons. The van der Waals surface area contributed by atoms with E-state index in [0.29, 0.717) is 10.6 Å². The van der Waals surface area contributed by atoms with Crippen molar-refractivity contribution in [2.75, 3.05) is 4.90 Å². The van der Waals surface area contributed by atoms with Gasteiger partial charge in [-0.25, -0.2) is 0 Å². The normalized spacial score (nSPS) is 17.5. The molecule has 0 saturated heterocycles. The third-order valence-electron chi connectivity index (χ3n) is 3.90. The summed E-state index contributed by atoms with van der Waals surface area (Å²) in [5, 5.41) is 0.616. The predicted molar refractivity (Wildman–Crippen MR) is 90.2 cm³/mol. The van der Waals surface area contributed by atoms with E-state index in [1.807, 2.05) is 23.1 Å². The summed E-state index contributed by atoms with van der Waals surface area (Å²) in [6.07, 6.45) is 2.00. The topological polar surface area (TPSA) is 20.3 Å². The van der Waals surface area contributed by atoms with Crippen LogP contribution in [0.15, 0.2) is 46.9 Å². The maximum atomic E-state index is 13.0. The van der Waals surface area contributed by atoms with Crippen molar-refractivity contribution in [1.29, 1.82) is 0 Å². The highest BCUT2D eigenvalue weighted by molar-refractivity contribution is 9.10. The highest BCUT2D eigenvalue weighted by Gasteiger charge is 2.29. The number of carbonyl (C=O) groups excluding carboxylic acids is 1. The van der Waals surface area contributed by atoms with Crippen LogP contribution in [0.4, 0.5) is 5.69 Å². The number of hydrogen-bond acceptors (Lipinski definition) is 1. The fourth-order valence-corrected chi connectivity index (χ4v) is 3.64. The summed E-state index contributed by atoms with van der Waals surface area (Å²) in [6.45, 7) is 2.09. The van der Waals surface area contributed by atoms with Crippen LogP contribution in [0, 0.1) is 0 Å². The summed E-state index contributed by atoms with van der Waals surface area (Å²) in [7, 11) is 0. The average molecular weight is 365 g/mol. The third kappa shape index (κ3) is 2.72. The second-order valence-corrected chi connectivity index (χ2v) is 6.61. The van der Waals surface area contributed by atoms with Gasteiger partial charge < -0.3 is 4.90 Å². The number of aryl methyl sites for hydroxylation is 1. The molecule has 3 rings (SSSR count). The summed E-state index contributed by atoms with van der Waals surface area (Å²) < 4.78 is 0.732. The van der Waals surface area contributed by atoms with Gasteiger partial charge in [0.2, 0.25) is 0 Å². The molecule has 1 amide bonds. The number of carbonyl (C=O) groups is 1. The van der Waals surface area contributed by atoms with Crippen LogP contribution in [0.5, 0.6) is 0 Å². The standard InChI is InChI=1S/C17H15BrClNO/c1-11-6-7-12-4-2-3-5-16(12)20(11)17(21)14-9-8-13(19)10-15(14)18/h2-5,8-11H,6-7H2,1H3. The number of anilines is 1. The molecule has 0 saturated carbocycles. The van der Waals surface area contributed by atoms with Crippen molar-refractivity contribution in [3.8, 4) is 0 Å². The highest BCUT2D eigenvalue weighted by atomic mass is 79.9. The van der Waals surface area contributed by atoms with Crippen molar-refractivity contribution in [1.82, 2.24) is 0 Å². The first-order chi connectivity index (χ1) is 10.1.